The molecule has 2 rings (SSSR count). The Bertz CT molecular complexity index is 462. The Kier molecular flexibility index (Phi) is 3.97. The lowest BCUT2D eigenvalue weighted by atomic mass is 10.1. The molecule has 1 N–H and O–H groups in total. The fourth-order valence-corrected chi connectivity index (χ4v) is 2.56. The average Bonchev–Trinajstić information content (AvgIpc) is 2.31. The molecule has 1 aliphatic heterocycles. The van der Waals surface area contributed by atoms with E-state index in [0.717, 1.165) is 25.2 Å². The number of benzene rings is 1. The van der Waals surface area contributed by atoms with Gasteiger partial charge in [-0.3, -0.25) is 0 Å². The van der Waals surface area contributed by atoms with E-state index in [-0.39, 0.29) is 17.1 Å². The van der Waals surface area contributed by atoms with Crippen LogP contribution in [0.1, 0.15) is 19.4 Å². The van der Waals surface area contributed by atoms with Crippen LogP contribution in [0.25, 0.3) is 0 Å². The Morgan fingerprint density at radius 2 is 2.00 bits per heavy atom. The zero-order valence-electron chi connectivity index (χ0n) is 10.8. The summed E-state index contributed by atoms with van der Waals surface area (Å²) in [5.41, 5.74) is -0.0485. The van der Waals surface area contributed by atoms with Crippen molar-refractivity contribution in [1.29, 1.82) is 0 Å². The first-order chi connectivity index (χ1) is 8.79. The molecule has 2 atom stereocenters. The maximum Gasteiger partial charge on any atom is 0.416 e. The second-order valence-corrected chi connectivity index (χ2v) is 5.38. The molecule has 0 radical (unpaired) electrons. The van der Waals surface area contributed by atoms with Gasteiger partial charge in [-0.25, -0.2) is 0 Å². The minimum Gasteiger partial charge on any atom is -0.365 e. The third kappa shape index (κ3) is 3.15. The summed E-state index contributed by atoms with van der Waals surface area (Å²) in [6.07, 6.45) is -4.36. The minimum atomic E-state index is -4.36. The lowest BCUT2D eigenvalue weighted by molar-refractivity contribution is -0.137. The lowest BCUT2D eigenvalue weighted by Crippen LogP contribution is -2.54. The van der Waals surface area contributed by atoms with Gasteiger partial charge in [0.15, 0.2) is 0 Å². The monoisotopic (exact) mass is 292 g/mol. The van der Waals surface area contributed by atoms with Crippen molar-refractivity contribution in [2.75, 3.05) is 18.0 Å². The number of anilines is 1. The summed E-state index contributed by atoms with van der Waals surface area (Å²) < 4.78 is 37.8. The van der Waals surface area contributed by atoms with Gasteiger partial charge in [-0.05, 0) is 32.0 Å². The fourth-order valence-electron chi connectivity index (χ4n) is 2.27. The molecular formula is C13H16ClF3N2. The van der Waals surface area contributed by atoms with Gasteiger partial charge < -0.3 is 10.2 Å². The van der Waals surface area contributed by atoms with Crippen molar-refractivity contribution in [1.82, 2.24) is 5.32 Å². The molecule has 1 aliphatic rings. The molecule has 0 aromatic heterocycles. The van der Waals surface area contributed by atoms with Crippen molar-refractivity contribution in [2.45, 2.75) is 32.1 Å². The number of rotatable bonds is 1. The van der Waals surface area contributed by atoms with Crippen molar-refractivity contribution in [3.8, 4) is 0 Å². The standard InChI is InChI=1S/C13H16ClF3N2/c1-8-7-19(9(2)6-18-8)12-4-3-10(5-11(12)14)13(15,16)17/h3-5,8-9,18H,6-7H2,1-2H3. The quantitative estimate of drug-likeness (QED) is 0.851. The molecule has 1 saturated heterocycles. The molecule has 2 unspecified atom stereocenters. The Labute approximate surface area is 115 Å². The van der Waals surface area contributed by atoms with Crippen LogP contribution in [0.15, 0.2) is 18.2 Å². The molecule has 0 saturated carbocycles. The topological polar surface area (TPSA) is 15.3 Å². The van der Waals surface area contributed by atoms with Crippen molar-refractivity contribution in [3.05, 3.63) is 28.8 Å². The first-order valence-electron chi connectivity index (χ1n) is 6.16. The molecule has 106 valence electrons. The van der Waals surface area contributed by atoms with E-state index in [4.69, 9.17) is 11.6 Å². The Morgan fingerprint density at radius 1 is 1.32 bits per heavy atom. The Morgan fingerprint density at radius 3 is 2.58 bits per heavy atom. The molecule has 2 nitrogen and oxygen atoms in total. The molecule has 0 bridgehead atoms. The van der Waals surface area contributed by atoms with Gasteiger partial charge in [0.25, 0.3) is 0 Å². The minimum absolute atomic E-state index is 0.149. The third-order valence-corrected chi connectivity index (χ3v) is 3.65. The van der Waals surface area contributed by atoms with Gasteiger partial charge in [0, 0.05) is 25.2 Å². The highest BCUT2D eigenvalue weighted by Crippen LogP contribution is 2.36. The van der Waals surface area contributed by atoms with Crippen LogP contribution in [-0.2, 0) is 6.18 Å². The zero-order chi connectivity index (χ0) is 14.2. The highest BCUT2D eigenvalue weighted by atomic mass is 35.5. The SMILES string of the molecule is CC1CN(c2ccc(C(F)(F)F)cc2Cl)C(C)CN1. The number of nitrogens with zero attached hydrogens (tertiary/aromatic N) is 1. The highest BCUT2D eigenvalue weighted by molar-refractivity contribution is 6.33. The maximum atomic E-state index is 12.6. The van der Waals surface area contributed by atoms with E-state index >= 15 is 0 Å². The van der Waals surface area contributed by atoms with Gasteiger partial charge in [-0.2, -0.15) is 13.2 Å². The van der Waals surface area contributed by atoms with E-state index in [1.54, 1.807) is 0 Å². The molecule has 1 heterocycles. The van der Waals surface area contributed by atoms with E-state index in [1.165, 1.54) is 6.07 Å². The Hall–Kier alpha value is -0.940. The number of nitrogens with one attached hydrogen (secondary N) is 1. The summed E-state index contributed by atoms with van der Waals surface area (Å²) in [4.78, 5) is 2.05. The first-order valence-corrected chi connectivity index (χ1v) is 6.53. The van der Waals surface area contributed by atoms with Gasteiger partial charge in [0.2, 0.25) is 0 Å². The van der Waals surface area contributed by atoms with Gasteiger partial charge in [0.1, 0.15) is 0 Å². The fraction of sp³-hybridized carbons (Fsp3) is 0.538. The van der Waals surface area contributed by atoms with Crippen LogP contribution in [0.2, 0.25) is 5.02 Å². The van der Waals surface area contributed by atoms with E-state index in [9.17, 15) is 13.2 Å². The molecule has 1 aromatic rings. The molecule has 6 heteroatoms. The molecule has 0 amide bonds. The molecule has 0 aliphatic carbocycles. The second-order valence-electron chi connectivity index (χ2n) is 4.97. The maximum absolute atomic E-state index is 12.6. The summed E-state index contributed by atoms with van der Waals surface area (Å²) in [5.74, 6) is 0. The first kappa shape index (κ1) is 14.5. The van der Waals surface area contributed by atoms with Gasteiger partial charge >= 0.3 is 6.18 Å². The average molecular weight is 293 g/mol. The smallest absolute Gasteiger partial charge is 0.365 e. The molecule has 1 aromatic carbocycles. The Balaban J connectivity index is 2.30. The predicted molar refractivity (Wildman–Crippen MR) is 70.7 cm³/mol. The van der Waals surface area contributed by atoms with Crippen LogP contribution in [0.5, 0.6) is 0 Å². The van der Waals surface area contributed by atoms with E-state index < -0.39 is 11.7 Å². The van der Waals surface area contributed by atoms with Crippen molar-refractivity contribution >= 4 is 17.3 Å². The summed E-state index contributed by atoms with van der Waals surface area (Å²) in [6, 6.07) is 4.02. The van der Waals surface area contributed by atoms with Crippen LogP contribution in [-0.4, -0.2) is 25.2 Å². The number of hydrogen-bond donors (Lipinski definition) is 1. The summed E-state index contributed by atoms with van der Waals surface area (Å²) >= 11 is 6.02. The van der Waals surface area contributed by atoms with E-state index in [0.29, 0.717) is 5.69 Å². The highest BCUT2D eigenvalue weighted by Gasteiger charge is 2.32. The van der Waals surface area contributed by atoms with E-state index in [1.807, 2.05) is 18.7 Å². The predicted octanol–water partition coefficient (Wildman–Crippen LogP) is 3.55. The largest absolute Gasteiger partial charge is 0.416 e. The summed E-state index contributed by atoms with van der Waals surface area (Å²) in [6.45, 7) is 5.58. The molecular weight excluding hydrogens is 277 g/mol. The number of hydrogen-bond acceptors (Lipinski definition) is 2. The van der Waals surface area contributed by atoms with E-state index in [2.05, 4.69) is 5.32 Å². The zero-order valence-corrected chi connectivity index (χ0v) is 11.5. The number of halogens is 4. The van der Waals surface area contributed by atoms with Crippen LogP contribution < -0.4 is 10.2 Å². The normalized spacial score (nSPS) is 24.6. The number of piperazine rings is 1. The van der Waals surface area contributed by atoms with Crippen molar-refractivity contribution in [2.24, 2.45) is 0 Å². The van der Waals surface area contributed by atoms with Crippen LogP contribution >= 0.6 is 11.6 Å². The molecule has 1 fully saturated rings. The second kappa shape index (κ2) is 5.21. The van der Waals surface area contributed by atoms with Crippen LogP contribution in [0.3, 0.4) is 0 Å². The number of alkyl halides is 3. The molecule has 0 spiro atoms. The van der Waals surface area contributed by atoms with Gasteiger partial charge in [-0.15, -0.1) is 0 Å². The van der Waals surface area contributed by atoms with Crippen LogP contribution in [0.4, 0.5) is 18.9 Å². The summed E-state index contributed by atoms with van der Waals surface area (Å²) in [5, 5.41) is 3.47. The molecule has 19 heavy (non-hydrogen) atoms. The van der Waals surface area contributed by atoms with Crippen molar-refractivity contribution in [3.63, 3.8) is 0 Å². The van der Waals surface area contributed by atoms with Gasteiger partial charge in [0.05, 0.1) is 16.3 Å². The van der Waals surface area contributed by atoms with Crippen LogP contribution in [0, 0.1) is 0 Å². The third-order valence-electron chi connectivity index (χ3n) is 3.35. The van der Waals surface area contributed by atoms with Gasteiger partial charge in [-0.1, -0.05) is 11.6 Å². The lowest BCUT2D eigenvalue weighted by Gasteiger charge is -2.39. The van der Waals surface area contributed by atoms with Crippen molar-refractivity contribution < 1.29 is 13.2 Å². The summed E-state index contributed by atoms with van der Waals surface area (Å²) in [7, 11) is 0.